The van der Waals surface area contributed by atoms with Gasteiger partial charge in [0, 0.05) is 6.42 Å². The highest BCUT2D eigenvalue weighted by molar-refractivity contribution is 5.91. The molecule has 2 aromatic carbocycles. The summed E-state index contributed by atoms with van der Waals surface area (Å²) in [6, 6.07) is 9.77. The topological polar surface area (TPSA) is 46.5 Å². The largest absolute Gasteiger partial charge is 0.493 e. The number of rotatable bonds is 2. The maximum absolute atomic E-state index is 11.3. The molecular formula is C17H16O3. The van der Waals surface area contributed by atoms with Crippen LogP contribution in [0.5, 0.6) is 5.75 Å². The first kappa shape index (κ1) is 12.7. The summed E-state index contributed by atoms with van der Waals surface area (Å²) < 4.78 is 5.51. The van der Waals surface area contributed by atoms with E-state index in [0.29, 0.717) is 5.56 Å². The molecule has 3 rings (SSSR count). The first-order chi connectivity index (χ1) is 9.56. The maximum atomic E-state index is 11.3. The molecule has 0 bridgehead atoms. The summed E-state index contributed by atoms with van der Waals surface area (Å²) in [5.74, 6) is 0.0604. The lowest BCUT2D eigenvalue weighted by Crippen LogP contribution is -2.01. The molecule has 3 nitrogen and oxygen atoms in total. The molecule has 0 unspecified atom stereocenters. The van der Waals surface area contributed by atoms with Crippen LogP contribution in [0.3, 0.4) is 0 Å². The Bertz CT molecular complexity index is 702. The minimum absolute atomic E-state index is 0.363. The van der Waals surface area contributed by atoms with Crippen molar-refractivity contribution < 1.29 is 14.6 Å². The molecule has 0 spiro atoms. The number of carboxylic acids is 1. The minimum Gasteiger partial charge on any atom is -0.493 e. The molecular weight excluding hydrogens is 252 g/mol. The van der Waals surface area contributed by atoms with E-state index in [1.165, 1.54) is 5.56 Å². The van der Waals surface area contributed by atoms with E-state index in [-0.39, 0.29) is 0 Å². The van der Waals surface area contributed by atoms with Gasteiger partial charge in [-0.25, -0.2) is 4.79 Å². The van der Waals surface area contributed by atoms with Crippen LogP contribution in [0.15, 0.2) is 30.3 Å². The number of hydrogen-bond acceptors (Lipinski definition) is 2. The standard InChI is InChI=1S/C17H16O3/c1-10-7-11(2)15(17(18)19)9-14(10)12-3-4-16-13(8-12)5-6-20-16/h3-4,7-9H,5-6H2,1-2H3,(H,18,19). The van der Waals surface area contributed by atoms with Gasteiger partial charge in [-0.1, -0.05) is 12.1 Å². The Kier molecular flexibility index (Phi) is 2.97. The first-order valence-electron chi connectivity index (χ1n) is 6.67. The van der Waals surface area contributed by atoms with E-state index in [1.807, 2.05) is 32.0 Å². The van der Waals surface area contributed by atoms with Gasteiger partial charge in [-0.2, -0.15) is 0 Å². The third kappa shape index (κ3) is 2.05. The number of hydrogen-bond donors (Lipinski definition) is 1. The van der Waals surface area contributed by atoms with E-state index < -0.39 is 5.97 Å². The van der Waals surface area contributed by atoms with Crippen LogP contribution in [0.4, 0.5) is 0 Å². The van der Waals surface area contributed by atoms with Crippen LogP contribution in [-0.4, -0.2) is 17.7 Å². The molecule has 0 radical (unpaired) electrons. The molecule has 3 heteroatoms. The fourth-order valence-electron chi connectivity index (χ4n) is 2.75. The summed E-state index contributed by atoms with van der Waals surface area (Å²) in [5.41, 5.74) is 5.47. The Hall–Kier alpha value is -2.29. The van der Waals surface area contributed by atoms with E-state index in [1.54, 1.807) is 6.07 Å². The van der Waals surface area contributed by atoms with Gasteiger partial charge in [-0.3, -0.25) is 0 Å². The summed E-state index contributed by atoms with van der Waals surface area (Å²) in [5, 5.41) is 9.26. The van der Waals surface area contributed by atoms with Gasteiger partial charge in [0.2, 0.25) is 0 Å². The normalized spacial score (nSPS) is 12.9. The number of aromatic carboxylic acids is 1. The van der Waals surface area contributed by atoms with E-state index in [0.717, 1.165) is 41.0 Å². The monoisotopic (exact) mass is 268 g/mol. The smallest absolute Gasteiger partial charge is 0.335 e. The third-order valence-corrected chi connectivity index (χ3v) is 3.80. The van der Waals surface area contributed by atoms with Gasteiger partial charge in [-0.15, -0.1) is 0 Å². The van der Waals surface area contributed by atoms with Gasteiger partial charge in [0.1, 0.15) is 5.75 Å². The number of fused-ring (bicyclic) bond motifs is 1. The van der Waals surface area contributed by atoms with Crippen LogP contribution < -0.4 is 4.74 Å². The predicted molar refractivity (Wildman–Crippen MR) is 77.5 cm³/mol. The molecule has 0 fully saturated rings. The Morgan fingerprint density at radius 3 is 2.70 bits per heavy atom. The zero-order chi connectivity index (χ0) is 14.3. The van der Waals surface area contributed by atoms with Crippen LogP contribution in [0.25, 0.3) is 11.1 Å². The van der Waals surface area contributed by atoms with Crippen molar-refractivity contribution in [3.8, 4) is 16.9 Å². The molecule has 2 aromatic rings. The Balaban J connectivity index is 2.14. The van der Waals surface area contributed by atoms with Crippen molar-refractivity contribution in [3.63, 3.8) is 0 Å². The molecule has 20 heavy (non-hydrogen) atoms. The first-order valence-corrected chi connectivity index (χ1v) is 6.67. The lowest BCUT2D eigenvalue weighted by molar-refractivity contribution is 0.0696. The number of aryl methyl sites for hydroxylation is 2. The van der Waals surface area contributed by atoms with Crippen LogP contribution in [-0.2, 0) is 6.42 Å². The predicted octanol–water partition coefficient (Wildman–Crippen LogP) is 3.60. The van der Waals surface area contributed by atoms with Crippen LogP contribution in [0, 0.1) is 13.8 Å². The highest BCUT2D eigenvalue weighted by atomic mass is 16.5. The summed E-state index contributed by atoms with van der Waals surface area (Å²) in [7, 11) is 0. The fourth-order valence-corrected chi connectivity index (χ4v) is 2.75. The summed E-state index contributed by atoms with van der Waals surface area (Å²) in [4.78, 5) is 11.3. The molecule has 1 heterocycles. The van der Waals surface area contributed by atoms with Crippen molar-refractivity contribution >= 4 is 5.97 Å². The van der Waals surface area contributed by atoms with Crippen LogP contribution in [0.2, 0.25) is 0 Å². The van der Waals surface area contributed by atoms with Gasteiger partial charge >= 0.3 is 5.97 Å². The highest BCUT2D eigenvalue weighted by Crippen LogP contribution is 2.33. The Morgan fingerprint density at radius 2 is 1.95 bits per heavy atom. The Morgan fingerprint density at radius 1 is 1.15 bits per heavy atom. The number of benzene rings is 2. The Labute approximate surface area is 117 Å². The number of carbonyl (C=O) groups is 1. The maximum Gasteiger partial charge on any atom is 0.335 e. The van der Waals surface area contributed by atoms with Crippen molar-refractivity contribution in [1.29, 1.82) is 0 Å². The second-order valence-electron chi connectivity index (χ2n) is 5.21. The molecule has 1 aliphatic rings. The fraction of sp³-hybridized carbons (Fsp3) is 0.235. The van der Waals surface area contributed by atoms with Gasteiger partial charge in [0.25, 0.3) is 0 Å². The second-order valence-corrected chi connectivity index (χ2v) is 5.21. The third-order valence-electron chi connectivity index (χ3n) is 3.80. The lowest BCUT2D eigenvalue weighted by atomic mass is 9.94. The average molecular weight is 268 g/mol. The zero-order valence-electron chi connectivity index (χ0n) is 11.6. The second kappa shape index (κ2) is 4.67. The van der Waals surface area contributed by atoms with Gasteiger partial charge in [0.15, 0.2) is 0 Å². The number of carboxylic acid groups (broad SMARTS) is 1. The summed E-state index contributed by atoms with van der Waals surface area (Å²) >= 11 is 0. The molecule has 0 saturated carbocycles. The van der Waals surface area contributed by atoms with Crippen molar-refractivity contribution in [3.05, 3.63) is 52.6 Å². The van der Waals surface area contributed by atoms with Crippen molar-refractivity contribution in [2.24, 2.45) is 0 Å². The molecule has 102 valence electrons. The molecule has 1 N–H and O–H groups in total. The molecule has 0 atom stereocenters. The van der Waals surface area contributed by atoms with Crippen molar-refractivity contribution in [2.75, 3.05) is 6.61 Å². The zero-order valence-corrected chi connectivity index (χ0v) is 11.6. The van der Waals surface area contributed by atoms with Gasteiger partial charge in [0.05, 0.1) is 12.2 Å². The molecule has 0 aliphatic carbocycles. The summed E-state index contributed by atoms with van der Waals surface area (Å²) in [6.45, 7) is 4.57. The molecule has 0 amide bonds. The molecule has 0 aromatic heterocycles. The SMILES string of the molecule is Cc1cc(C)c(-c2ccc3c(c2)CCO3)cc1C(=O)O. The van der Waals surface area contributed by atoms with Crippen molar-refractivity contribution in [2.45, 2.75) is 20.3 Å². The molecule has 0 saturated heterocycles. The minimum atomic E-state index is -0.881. The van der Waals surface area contributed by atoms with E-state index in [4.69, 9.17) is 4.74 Å². The average Bonchev–Trinajstić information content (AvgIpc) is 2.85. The van der Waals surface area contributed by atoms with Gasteiger partial charge in [-0.05, 0) is 59.9 Å². The molecule has 1 aliphatic heterocycles. The lowest BCUT2D eigenvalue weighted by Gasteiger charge is -2.11. The van der Waals surface area contributed by atoms with Crippen LogP contribution in [0.1, 0.15) is 27.0 Å². The number of ether oxygens (including phenoxy) is 1. The van der Waals surface area contributed by atoms with Gasteiger partial charge < -0.3 is 9.84 Å². The van der Waals surface area contributed by atoms with Crippen molar-refractivity contribution in [1.82, 2.24) is 0 Å². The van der Waals surface area contributed by atoms with E-state index >= 15 is 0 Å². The quantitative estimate of drug-likeness (QED) is 0.905. The van der Waals surface area contributed by atoms with E-state index in [2.05, 4.69) is 6.07 Å². The van der Waals surface area contributed by atoms with Crippen LogP contribution >= 0.6 is 0 Å². The highest BCUT2D eigenvalue weighted by Gasteiger charge is 2.15. The van der Waals surface area contributed by atoms with E-state index in [9.17, 15) is 9.90 Å². The summed E-state index contributed by atoms with van der Waals surface area (Å²) in [6.07, 6.45) is 0.917.